The zero-order chi connectivity index (χ0) is 10.6. The van der Waals surface area contributed by atoms with E-state index in [2.05, 4.69) is 36.0 Å². The van der Waals surface area contributed by atoms with Gasteiger partial charge in [-0.05, 0) is 31.9 Å². The Morgan fingerprint density at radius 2 is 2.00 bits per heavy atom. The Kier molecular flexibility index (Phi) is 3.57. The molecule has 0 aromatic heterocycles. The molecule has 0 fully saturated rings. The number of aryl methyl sites for hydroxylation is 1. The van der Waals surface area contributed by atoms with Crippen molar-refractivity contribution in [3.05, 3.63) is 34.9 Å². The molecule has 1 rings (SSSR count). The third kappa shape index (κ3) is 2.08. The third-order valence-electron chi connectivity index (χ3n) is 2.31. The van der Waals surface area contributed by atoms with Crippen LogP contribution in [0.1, 0.15) is 23.6 Å². The van der Waals surface area contributed by atoms with E-state index in [1.807, 2.05) is 13.0 Å². The molecule has 74 valence electrons. The zero-order valence-electron chi connectivity index (χ0n) is 9.20. The van der Waals surface area contributed by atoms with Crippen LogP contribution in [0.25, 0.3) is 0 Å². The maximum atomic E-state index is 4.24. The molecule has 0 atom stereocenters. The summed E-state index contributed by atoms with van der Waals surface area (Å²) in [5.41, 5.74) is 3.64. The van der Waals surface area contributed by atoms with Crippen molar-refractivity contribution in [2.45, 2.75) is 20.8 Å². The highest BCUT2D eigenvalue weighted by molar-refractivity contribution is 6.03. The Labute approximate surface area is 85.4 Å². The lowest BCUT2D eigenvalue weighted by Gasteiger charge is -2.07. The van der Waals surface area contributed by atoms with E-state index in [9.17, 15) is 0 Å². The Morgan fingerprint density at radius 1 is 1.29 bits per heavy atom. The molecule has 0 aliphatic carbocycles. The van der Waals surface area contributed by atoms with Crippen LogP contribution in [0.15, 0.2) is 28.2 Å². The fraction of sp³-hybridized carbons (Fsp3) is 0.333. The number of rotatable bonds is 1. The van der Waals surface area contributed by atoms with Gasteiger partial charge in [0.05, 0.1) is 0 Å². The van der Waals surface area contributed by atoms with Gasteiger partial charge in [-0.15, -0.1) is 0 Å². The van der Waals surface area contributed by atoms with Crippen molar-refractivity contribution in [2.75, 3.05) is 7.05 Å². The van der Waals surface area contributed by atoms with E-state index in [1.54, 1.807) is 13.3 Å². The quantitative estimate of drug-likeness (QED) is 0.478. The van der Waals surface area contributed by atoms with E-state index >= 15 is 0 Å². The van der Waals surface area contributed by atoms with Gasteiger partial charge in [0.15, 0.2) is 5.84 Å². The van der Waals surface area contributed by atoms with E-state index in [0.717, 1.165) is 11.4 Å². The minimum atomic E-state index is 0.800. The van der Waals surface area contributed by atoms with E-state index in [4.69, 9.17) is 0 Å². The summed E-state index contributed by atoms with van der Waals surface area (Å²) >= 11 is 0. The van der Waals surface area contributed by atoms with Crippen LogP contribution < -0.4 is 0 Å². The molecule has 1 aromatic carbocycles. The summed E-state index contributed by atoms with van der Waals surface area (Å²) in [5, 5.41) is 0. The van der Waals surface area contributed by atoms with Gasteiger partial charge in [0, 0.05) is 18.8 Å². The van der Waals surface area contributed by atoms with Gasteiger partial charge < -0.3 is 0 Å². The lowest BCUT2D eigenvalue weighted by molar-refractivity contribution is 1.30. The van der Waals surface area contributed by atoms with Crippen molar-refractivity contribution in [3.8, 4) is 0 Å². The second-order valence-corrected chi connectivity index (χ2v) is 3.18. The highest BCUT2D eigenvalue weighted by Gasteiger charge is 2.05. The molecule has 0 aliphatic heterocycles. The molecular formula is C12H16N2. The monoisotopic (exact) mass is 188 g/mol. The molecule has 0 saturated carbocycles. The Balaban J connectivity index is 3.24. The molecule has 14 heavy (non-hydrogen) atoms. The van der Waals surface area contributed by atoms with Gasteiger partial charge in [0.25, 0.3) is 0 Å². The Hall–Kier alpha value is -1.44. The van der Waals surface area contributed by atoms with Crippen LogP contribution in [0.3, 0.4) is 0 Å². The molecule has 2 nitrogen and oxygen atoms in total. The van der Waals surface area contributed by atoms with Crippen molar-refractivity contribution in [1.29, 1.82) is 0 Å². The van der Waals surface area contributed by atoms with Crippen molar-refractivity contribution < 1.29 is 0 Å². The fourth-order valence-electron chi connectivity index (χ4n) is 1.36. The maximum Gasteiger partial charge on any atom is 0.154 e. The summed E-state index contributed by atoms with van der Waals surface area (Å²) in [5.74, 6) is 0.800. The lowest BCUT2D eigenvalue weighted by Crippen LogP contribution is -2.01. The molecule has 0 aliphatic rings. The van der Waals surface area contributed by atoms with E-state index < -0.39 is 0 Å². The average Bonchev–Trinajstić information content (AvgIpc) is 2.19. The SMILES string of the molecule is C/C=N\C(=N/C)c1cccc(C)c1C. The summed E-state index contributed by atoms with van der Waals surface area (Å²) < 4.78 is 0. The second-order valence-electron chi connectivity index (χ2n) is 3.18. The van der Waals surface area contributed by atoms with E-state index in [1.165, 1.54) is 11.1 Å². The lowest BCUT2D eigenvalue weighted by atomic mass is 10.0. The van der Waals surface area contributed by atoms with Crippen LogP contribution >= 0.6 is 0 Å². The number of hydrogen-bond donors (Lipinski definition) is 0. The van der Waals surface area contributed by atoms with Crippen molar-refractivity contribution in [2.24, 2.45) is 9.98 Å². The number of nitrogens with zero attached hydrogens (tertiary/aromatic N) is 2. The smallest absolute Gasteiger partial charge is 0.154 e. The Bertz CT molecular complexity index is 376. The highest BCUT2D eigenvalue weighted by atomic mass is 14.9. The van der Waals surface area contributed by atoms with Gasteiger partial charge in [-0.2, -0.15) is 0 Å². The number of amidine groups is 1. The number of hydrogen-bond acceptors (Lipinski definition) is 1. The normalized spacial score (nSPS) is 12.4. The van der Waals surface area contributed by atoms with Crippen LogP contribution in [-0.4, -0.2) is 19.1 Å². The predicted molar refractivity (Wildman–Crippen MR) is 62.5 cm³/mol. The average molecular weight is 188 g/mol. The van der Waals surface area contributed by atoms with Gasteiger partial charge in [-0.3, -0.25) is 4.99 Å². The largest absolute Gasteiger partial charge is 0.270 e. The third-order valence-corrected chi connectivity index (χ3v) is 2.31. The topological polar surface area (TPSA) is 24.7 Å². The van der Waals surface area contributed by atoms with E-state index in [0.29, 0.717) is 0 Å². The first-order valence-electron chi connectivity index (χ1n) is 4.72. The highest BCUT2D eigenvalue weighted by Crippen LogP contribution is 2.14. The molecule has 0 N–H and O–H groups in total. The second kappa shape index (κ2) is 4.70. The summed E-state index contributed by atoms with van der Waals surface area (Å²) in [4.78, 5) is 8.41. The summed E-state index contributed by atoms with van der Waals surface area (Å²) in [6, 6.07) is 6.19. The molecular weight excluding hydrogens is 172 g/mol. The Morgan fingerprint density at radius 3 is 2.57 bits per heavy atom. The molecule has 0 spiro atoms. The molecule has 0 heterocycles. The molecule has 0 radical (unpaired) electrons. The van der Waals surface area contributed by atoms with Crippen LogP contribution in [0.2, 0.25) is 0 Å². The molecule has 0 unspecified atom stereocenters. The number of benzene rings is 1. The van der Waals surface area contributed by atoms with Gasteiger partial charge >= 0.3 is 0 Å². The van der Waals surface area contributed by atoms with Crippen molar-refractivity contribution >= 4 is 12.1 Å². The first-order chi connectivity index (χ1) is 6.70. The van der Waals surface area contributed by atoms with Gasteiger partial charge in [-0.1, -0.05) is 18.2 Å². The van der Waals surface area contributed by atoms with Crippen LogP contribution in [0.5, 0.6) is 0 Å². The minimum absolute atomic E-state index is 0.800. The van der Waals surface area contributed by atoms with Crippen molar-refractivity contribution in [1.82, 2.24) is 0 Å². The first kappa shape index (κ1) is 10.6. The molecule has 0 saturated heterocycles. The molecule has 1 aromatic rings. The summed E-state index contributed by atoms with van der Waals surface area (Å²) in [7, 11) is 1.77. The number of aliphatic imine (C=N–C) groups is 2. The zero-order valence-corrected chi connectivity index (χ0v) is 9.20. The van der Waals surface area contributed by atoms with Crippen LogP contribution in [0.4, 0.5) is 0 Å². The molecule has 0 amide bonds. The predicted octanol–water partition coefficient (Wildman–Crippen LogP) is 2.77. The summed E-state index contributed by atoms with van der Waals surface area (Å²) in [6.07, 6.45) is 1.77. The standard InChI is InChI=1S/C12H16N2/c1-5-14-12(13-4)11-8-6-7-9(2)10(11)3/h5-8H,1-4H3/b13-12-,14-5-. The first-order valence-corrected chi connectivity index (χ1v) is 4.72. The fourth-order valence-corrected chi connectivity index (χ4v) is 1.36. The van der Waals surface area contributed by atoms with Gasteiger partial charge in [0.2, 0.25) is 0 Å². The molecule has 2 heteroatoms. The van der Waals surface area contributed by atoms with E-state index in [-0.39, 0.29) is 0 Å². The van der Waals surface area contributed by atoms with Crippen LogP contribution in [0, 0.1) is 13.8 Å². The minimum Gasteiger partial charge on any atom is -0.270 e. The summed E-state index contributed by atoms with van der Waals surface area (Å²) in [6.45, 7) is 6.10. The van der Waals surface area contributed by atoms with Crippen molar-refractivity contribution in [3.63, 3.8) is 0 Å². The van der Waals surface area contributed by atoms with Crippen LogP contribution in [-0.2, 0) is 0 Å². The maximum absolute atomic E-state index is 4.24. The van der Waals surface area contributed by atoms with Gasteiger partial charge in [-0.25, -0.2) is 4.99 Å². The van der Waals surface area contributed by atoms with Gasteiger partial charge in [0.1, 0.15) is 0 Å². The molecule has 0 bridgehead atoms.